The summed E-state index contributed by atoms with van der Waals surface area (Å²) in [6.45, 7) is 1.08. The Labute approximate surface area is 137 Å². The molecule has 1 N–H and O–H groups in total. The van der Waals surface area contributed by atoms with Gasteiger partial charge in [-0.15, -0.1) is 0 Å². The number of thioether (sulfide) groups is 1. The Balaban J connectivity index is 1.32. The molecule has 22 heavy (non-hydrogen) atoms. The number of alkyl carbamates (subject to hydrolysis) is 1. The topological polar surface area (TPSA) is 38.3 Å². The van der Waals surface area contributed by atoms with Gasteiger partial charge in [-0.2, -0.15) is 11.8 Å². The molecule has 0 aliphatic carbocycles. The quantitative estimate of drug-likeness (QED) is 0.876. The zero-order valence-corrected chi connectivity index (χ0v) is 13.8. The number of carbonyl (C=O) groups is 1. The third-order valence-corrected chi connectivity index (χ3v) is 6.29. The summed E-state index contributed by atoms with van der Waals surface area (Å²) < 4.78 is 5.24. The predicted octanol–water partition coefficient (Wildman–Crippen LogP) is 4.37. The highest BCUT2D eigenvalue weighted by Crippen LogP contribution is 2.44. The van der Waals surface area contributed by atoms with Crippen molar-refractivity contribution in [2.75, 3.05) is 6.54 Å². The van der Waals surface area contributed by atoms with Crippen LogP contribution in [0.2, 0.25) is 0 Å². The zero-order chi connectivity index (χ0) is 15.2. The Kier molecular flexibility index (Phi) is 5.65. The van der Waals surface area contributed by atoms with Gasteiger partial charge in [-0.3, -0.25) is 0 Å². The monoisotopic (exact) mass is 319 g/mol. The van der Waals surface area contributed by atoms with Gasteiger partial charge in [0.15, 0.2) is 0 Å². The Morgan fingerprint density at radius 2 is 1.91 bits per heavy atom. The molecule has 0 aromatic heterocycles. The van der Waals surface area contributed by atoms with Gasteiger partial charge in [-0.1, -0.05) is 36.8 Å². The molecule has 1 amide bonds. The molecule has 0 spiro atoms. The van der Waals surface area contributed by atoms with E-state index in [-0.39, 0.29) is 6.09 Å². The normalized spacial score (nSPS) is 27.2. The number of nitrogens with one attached hydrogen (secondary N) is 1. The molecule has 2 unspecified atom stereocenters. The van der Waals surface area contributed by atoms with E-state index in [9.17, 15) is 4.79 Å². The van der Waals surface area contributed by atoms with Crippen LogP contribution in [0.15, 0.2) is 30.3 Å². The van der Waals surface area contributed by atoms with Crippen molar-refractivity contribution >= 4 is 17.9 Å². The fourth-order valence-corrected chi connectivity index (χ4v) is 5.47. The van der Waals surface area contributed by atoms with Gasteiger partial charge in [0.1, 0.15) is 6.61 Å². The lowest BCUT2D eigenvalue weighted by atomic mass is 9.87. The molecule has 4 heteroatoms. The Morgan fingerprint density at radius 1 is 1.18 bits per heavy atom. The lowest BCUT2D eigenvalue weighted by molar-refractivity contribution is 0.139. The summed E-state index contributed by atoms with van der Waals surface area (Å²) >= 11 is 2.21. The average molecular weight is 319 g/mol. The third-order valence-electron chi connectivity index (χ3n) is 4.66. The van der Waals surface area contributed by atoms with Crippen LogP contribution in [0.3, 0.4) is 0 Å². The van der Waals surface area contributed by atoms with Crippen LogP contribution in [0, 0.1) is 5.92 Å². The van der Waals surface area contributed by atoms with E-state index < -0.39 is 0 Å². The Bertz CT molecular complexity index is 467. The Hall–Kier alpha value is -1.16. The maximum absolute atomic E-state index is 11.7. The zero-order valence-electron chi connectivity index (χ0n) is 13.0. The molecule has 120 valence electrons. The SMILES string of the molecule is O=C(NCCC1CC2CCCC(C1)S2)OCc1ccccc1. The smallest absolute Gasteiger partial charge is 0.407 e. The minimum absolute atomic E-state index is 0.297. The first-order chi connectivity index (χ1) is 10.8. The second-order valence-corrected chi connectivity index (χ2v) is 8.03. The molecule has 1 aromatic rings. The first-order valence-corrected chi connectivity index (χ1v) is 9.34. The molecule has 2 fully saturated rings. The highest BCUT2D eigenvalue weighted by molar-refractivity contribution is 8.00. The summed E-state index contributed by atoms with van der Waals surface area (Å²) in [7, 11) is 0. The summed E-state index contributed by atoms with van der Waals surface area (Å²) in [5.41, 5.74) is 1.02. The summed E-state index contributed by atoms with van der Waals surface area (Å²) in [6, 6.07) is 9.79. The van der Waals surface area contributed by atoms with E-state index in [1.54, 1.807) is 0 Å². The first kappa shape index (κ1) is 15.7. The van der Waals surface area contributed by atoms with E-state index in [1.165, 1.54) is 32.1 Å². The van der Waals surface area contributed by atoms with Crippen LogP contribution in [0.25, 0.3) is 0 Å². The van der Waals surface area contributed by atoms with Crippen molar-refractivity contribution < 1.29 is 9.53 Å². The van der Waals surface area contributed by atoms with Gasteiger partial charge in [0, 0.05) is 17.0 Å². The van der Waals surface area contributed by atoms with Gasteiger partial charge >= 0.3 is 6.09 Å². The summed E-state index contributed by atoms with van der Waals surface area (Å²) in [5, 5.41) is 4.65. The van der Waals surface area contributed by atoms with E-state index in [2.05, 4.69) is 17.1 Å². The van der Waals surface area contributed by atoms with Crippen LogP contribution in [0.5, 0.6) is 0 Å². The van der Waals surface area contributed by atoms with Gasteiger partial charge in [0.05, 0.1) is 0 Å². The number of amides is 1. The van der Waals surface area contributed by atoms with Crippen LogP contribution in [-0.4, -0.2) is 23.1 Å². The minimum atomic E-state index is -0.297. The van der Waals surface area contributed by atoms with Crippen molar-refractivity contribution in [3.05, 3.63) is 35.9 Å². The molecule has 2 aliphatic rings. The van der Waals surface area contributed by atoms with Crippen LogP contribution in [0.1, 0.15) is 44.1 Å². The molecule has 0 saturated carbocycles. The van der Waals surface area contributed by atoms with E-state index in [0.717, 1.165) is 34.9 Å². The Morgan fingerprint density at radius 3 is 2.64 bits per heavy atom. The predicted molar refractivity (Wildman–Crippen MR) is 91.0 cm³/mol. The molecule has 2 aliphatic heterocycles. The van der Waals surface area contributed by atoms with Crippen molar-refractivity contribution in [2.45, 2.75) is 55.6 Å². The maximum Gasteiger partial charge on any atom is 0.407 e. The second kappa shape index (κ2) is 7.91. The van der Waals surface area contributed by atoms with Crippen LogP contribution < -0.4 is 5.32 Å². The molecule has 1 aromatic carbocycles. The standard InChI is InChI=1S/C18H25NO2S/c20-18(21-13-14-5-2-1-3-6-14)19-10-9-15-11-16-7-4-8-17(12-15)22-16/h1-3,5-6,15-17H,4,7-13H2,(H,19,20). The molecule has 3 rings (SSSR count). The van der Waals surface area contributed by atoms with E-state index >= 15 is 0 Å². The highest BCUT2D eigenvalue weighted by atomic mass is 32.2. The van der Waals surface area contributed by atoms with Gasteiger partial charge in [-0.05, 0) is 43.6 Å². The molecular weight excluding hydrogens is 294 g/mol. The van der Waals surface area contributed by atoms with Gasteiger partial charge in [0.25, 0.3) is 0 Å². The third kappa shape index (κ3) is 4.67. The number of benzene rings is 1. The first-order valence-electron chi connectivity index (χ1n) is 8.39. The maximum atomic E-state index is 11.7. The van der Waals surface area contributed by atoms with Crippen LogP contribution in [0.4, 0.5) is 4.79 Å². The minimum Gasteiger partial charge on any atom is -0.445 e. The summed E-state index contributed by atoms with van der Waals surface area (Å²) in [4.78, 5) is 11.7. The van der Waals surface area contributed by atoms with Gasteiger partial charge < -0.3 is 10.1 Å². The van der Waals surface area contributed by atoms with Crippen molar-refractivity contribution in [3.8, 4) is 0 Å². The van der Waals surface area contributed by atoms with Crippen LogP contribution in [-0.2, 0) is 11.3 Å². The summed E-state index contributed by atoms with van der Waals surface area (Å²) in [5.74, 6) is 0.783. The number of fused-ring (bicyclic) bond motifs is 2. The number of ether oxygens (including phenoxy) is 1. The lowest BCUT2D eigenvalue weighted by Crippen LogP contribution is -2.32. The molecule has 3 nitrogen and oxygen atoms in total. The largest absolute Gasteiger partial charge is 0.445 e. The van der Waals surface area contributed by atoms with Crippen molar-refractivity contribution in [3.63, 3.8) is 0 Å². The van der Waals surface area contributed by atoms with Gasteiger partial charge in [0.2, 0.25) is 0 Å². The van der Waals surface area contributed by atoms with Crippen molar-refractivity contribution in [1.82, 2.24) is 5.32 Å². The molecular formula is C18H25NO2S. The number of rotatable bonds is 5. The van der Waals surface area contributed by atoms with E-state index in [4.69, 9.17) is 4.74 Å². The number of carbonyl (C=O) groups excluding carboxylic acids is 1. The van der Waals surface area contributed by atoms with Crippen molar-refractivity contribution in [2.24, 2.45) is 5.92 Å². The van der Waals surface area contributed by atoms with Gasteiger partial charge in [-0.25, -0.2) is 4.79 Å². The van der Waals surface area contributed by atoms with E-state index in [1.807, 2.05) is 30.3 Å². The van der Waals surface area contributed by atoms with E-state index in [0.29, 0.717) is 6.61 Å². The van der Waals surface area contributed by atoms with Crippen molar-refractivity contribution in [1.29, 1.82) is 0 Å². The fourth-order valence-electron chi connectivity index (χ4n) is 3.56. The molecule has 2 saturated heterocycles. The molecule has 2 heterocycles. The lowest BCUT2D eigenvalue weighted by Gasteiger charge is -2.38. The van der Waals surface area contributed by atoms with Crippen LogP contribution >= 0.6 is 11.8 Å². The number of hydrogen-bond acceptors (Lipinski definition) is 3. The molecule has 0 radical (unpaired) electrons. The highest BCUT2D eigenvalue weighted by Gasteiger charge is 2.31. The average Bonchev–Trinajstić information content (AvgIpc) is 2.54. The second-order valence-electron chi connectivity index (χ2n) is 6.43. The summed E-state index contributed by atoms with van der Waals surface area (Å²) in [6.07, 6.45) is 7.67. The number of hydrogen-bond donors (Lipinski definition) is 1. The molecule has 2 bridgehead atoms. The molecule has 2 atom stereocenters. The fraction of sp³-hybridized carbons (Fsp3) is 0.611.